The Hall–Kier alpha value is -0.0400. The van der Waals surface area contributed by atoms with E-state index in [1.807, 2.05) is 0 Å². The van der Waals surface area contributed by atoms with Gasteiger partial charge in [-0.2, -0.15) is 0 Å². The van der Waals surface area contributed by atoms with Crippen LogP contribution >= 0.6 is 0 Å². The van der Waals surface area contributed by atoms with Crippen LogP contribution in [0.2, 0.25) is 0 Å². The van der Waals surface area contributed by atoms with Gasteiger partial charge in [-0.15, -0.1) is 0 Å². The van der Waals surface area contributed by atoms with E-state index in [9.17, 15) is 5.11 Å². The molecule has 0 aromatic heterocycles. The minimum absolute atomic E-state index is 0.297. The molecule has 0 aromatic rings. The first-order valence-corrected chi connectivity index (χ1v) is 8.39. The zero-order valence-corrected chi connectivity index (χ0v) is 12.7. The lowest BCUT2D eigenvalue weighted by Gasteiger charge is -2.35. The minimum Gasteiger partial charge on any atom is -0.390 e. The maximum Gasteiger partial charge on any atom is 0.0648 e. The summed E-state index contributed by atoms with van der Waals surface area (Å²) in [7, 11) is 0. The van der Waals surface area contributed by atoms with Crippen molar-refractivity contribution in [3.8, 4) is 0 Å². The standard InChI is InChI=1S/C17H34O/c1-3-4-5-6-7-8-9-10-13-17(18)14-11-16(2)12-15-17/h16,18H,3-15H2,1-2H3. The van der Waals surface area contributed by atoms with Crippen LogP contribution in [0.3, 0.4) is 0 Å². The van der Waals surface area contributed by atoms with E-state index in [-0.39, 0.29) is 5.60 Å². The average molecular weight is 254 g/mol. The van der Waals surface area contributed by atoms with Crippen molar-refractivity contribution < 1.29 is 5.11 Å². The molecule has 0 saturated heterocycles. The Morgan fingerprint density at radius 3 is 1.94 bits per heavy atom. The third-order valence-electron chi connectivity index (χ3n) is 4.70. The van der Waals surface area contributed by atoms with Crippen molar-refractivity contribution >= 4 is 0 Å². The fourth-order valence-electron chi connectivity index (χ4n) is 3.14. The second-order valence-electron chi connectivity index (χ2n) is 6.63. The van der Waals surface area contributed by atoms with Crippen molar-refractivity contribution in [2.75, 3.05) is 0 Å². The third kappa shape index (κ3) is 6.78. The molecule has 1 fully saturated rings. The summed E-state index contributed by atoms with van der Waals surface area (Å²) in [6.07, 6.45) is 16.5. The molecule has 1 heteroatoms. The first-order valence-electron chi connectivity index (χ1n) is 8.39. The van der Waals surface area contributed by atoms with Gasteiger partial charge in [0.05, 0.1) is 5.60 Å². The largest absolute Gasteiger partial charge is 0.390 e. The summed E-state index contributed by atoms with van der Waals surface area (Å²) in [6.45, 7) is 4.58. The molecule has 18 heavy (non-hydrogen) atoms. The van der Waals surface area contributed by atoms with Crippen LogP contribution in [-0.2, 0) is 0 Å². The van der Waals surface area contributed by atoms with Crippen molar-refractivity contribution in [1.29, 1.82) is 0 Å². The molecule has 0 bridgehead atoms. The highest BCUT2D eigenvalue weighted by Crippen LogP contribution is 2.35. The van der Waals surface area contributed by atoms with Gasteiger partial charge in [-0.3, -0.25) is 0 Å². The van der Waals surface area contributed by atoms with Gasteiger partial charge in [-0.1, -0.05) is 65.2 Å². The van der Waals surface area contributed by atoms with Crippen LogP contribution in [0.5, 0.6) is 0 Å². The molecule has 0 aliphatic heterocycles. The van der Waals surface area contributed by atoms with Crippen molar-refractivity contribution in [3.63, 3.8) is 0 Å². The van der Waals surface area contributed by atoms with E-state index >= 15 is 0 Å². The average Bonchev–Trinajstić information content (AvgIpc) is 2.37. The predicted octanol–water partition coefficient (Wildman–Crippen LogP) is 5.46. The van der Waals surface area contributed by atoms with E-state index in [1.165, 1.54) is 64.2 Å². The van der Waals surface area contributed by atoms with Crippen molar-refractivity contribution in [2.24, 2.45) is 5.92 Å². The summed E-state index contributed by atoms with van der Waals surface area (Å²) < 4.78 is 0. The molecule has 0 spiro atoms. The molecule has 0 aromatic carbocycles. The van der Waals surface area contributed by atoms with E-state index in [1.54, 1.807) is 0 Å². The monoisotopic (exact) mass is 254 g/mol. The summed E-state index contributed by atoms with van der Waals surface area (Å²) in [4.78, 5) is 0. The third-order valence-corrected chi connectivity index (χ3v) is 4.70. The van der Waals surface area contributed by atoms with Crippen LogP contribution in [0.1, 0.15) is 97.3 Å². The second kappa shape index (κ2) is 8.96. The SMILES string of the molecule is CCCCCCCCCCC1(O)CCC(C)CC1. The van der Waals surface area contributed by atoms with Crippen LogP contribution in [0.15, 0.2) is 0 Å². The van der Waals surface area contributed by atoms with Crippen molar-refractivity contribution in [2.45, 2.75) is 103 Å². The van der Waals surface area contributed by atoms with Gasteiger partial charge < -0.3 is 5.11 Å². The van der Waals surface area contributed by atoms with E-state index < -0.39 is 0 Å². The Kier molecular flexibility index (Phi) is 7.97. The smallest absolute Gasteiger partial charge is 0.0648 e. The summed E-state index contributed by atoms with van der Waals surface area (Å²) in [5.74, 6) is 0.837. The summed E-state index contributed by atoms with van der Waals surface area (Å²) in [5.41, 5.74) is -0.297. The second-order valence-corrected chi connectivity index (χ2v) is 6.63. The molecule has 1 aliphatic carbocycles. The molecular weight excluding hydrogens is 220 g/mol. The zero-order valence-electron chi connectivity index (χ0n) is 12.7. The lowest BCUT2D eigenvalue weighted by Crippen LogP contribution is -2.33. The molecule has 1 aliphatic rings. The van der Waals surface area contributed by atoms with Crippen molar-refractivity contribution in [3.05, 3.63) is 0 Å². The lowest BCUT2D eigenvalue weighted by atomic mass is 9.77. The maximum absolute atomic E-state index is 10.5. The molecule has 0 unspecified atom stereocenters. The van der Waals surface area contributed by atoms with Crippen LogP contribution in [-0.4, -0.2) is 10.7 Å². The Morgan fingerprint density at radius 2 is 1.39 bits per heavy atom. The van der Waals surface area contributed by atoms with Crippen LogP contribution < -0.4 is 0 Å². The maximum atomic E-state index is 10.5. The topological polar surface area (TPSA) is 20.2 Å². The van der Waals surface area contributed by atoms with Crippen LogP contribution in [0.25, 0.3) is 0 Å². The summed E-state index contributed by atoms with van der Waals surface area (Å²) in [5, 5.41) is 10.5. The van der Waals surface area contributed by atoms with Gasteiger partial charge in [0.1, 0.15) is 0 Å². The highest BCUT2D eigenvalue weighted by molar-refractivity contribution is 4.84. The number of hydrogen-bond donors (Lipinski definition) is 1. The molecule has 1 N–H and O–H groups in total. The molecule has 1 nitrogen and oxygen atoms in total. The minimum atomic E-state index is -0.297. The molecule has 0 amide bonds. The molecule has 1 saturated carbocycles. The van der Waals surface area contributed by atoms with E-state index in [2.05, 4.69) is 13.8 Å². The van der Waals surface area contributed by atoms with Gasteiger partial charge in [-0.05, 0) is 38.0 Å². The normalized spacial score (nSPS) is 28.5. The Morgan fingerprint density at radius 1 is 0.889 bits per heavy atom. The highest BCUT2D eigenvalue weighted by atomic mass is 16.3. The first-order chi connectivity index (χ1) is 8.66. The first kappa shape index (κ1) is 16.0. The van der Waals surface area contributed by atoms with E-state index in [0.717, 1.165) is 25.2 Å². The highest BCUT2D eigenvalue weighted by Gasteiger charge is 2.30. The quantitative estimate of drug-likeness (QED) is 0.542. The molecule has 0 radical (unpaired) electrons. The van der Waals surface area contributed by atoms with E-state index in [0.29, 0.717) is 0 Å². The number of aliphatic hydroxyl groups is 1. The Balaban J connectivity index is 1.94. The number of unbranched alkanes of at least 4 members (excludes halogenated alkanes) is 7. The number of rotatable bonds is 9. The molecule has 0 heterocycles. The Bertz CT molecular complexity index is 192. The summed E-state index contributed by atoms with van der Waals surface area (Å²) >= 11 is 0. The lowest BCUT2D eigenvalue weighted by molar-refractivity contribution is -0.0164. The van der Waals surface area contributed by atoms with Crippen LogP contribution in [0.4, 0.5) is 0 Å². The zero-order chi connectivity index (χ0) is 13.3. The molecular formula is C17H34O. The predicted molar refractivity (Wildman–Crippen MR) is 79.8 cm³/mol. The van der Waals surface area contributed by atoms with Gasteiger partial charge in [0.15, 0.2) is 0 Å². The van der Waals surface area contributed by atoms with Gasteiger partial charge >= 0.3 is 0 Å². The molecule has 0 atom stereocenters. The fourth-order valence-corrected chi connectivity index (χ4v) is 3.14. The van der Waals surface area contributed by atoms with Gasteiger partial charge in [0.2, 0.25) is 0 Å². The van der Waals surface area contributed by atoms with Crippen molar-refractivity contribution in [1.82, 2.24) is 0 Å². The van der Waals surface area contributed by atoms with E-state index in [4.69, 9.17) is 0 Å². The molecule has 108 valence electrons. The van der Waals surface area contributed by atoms with Gasteiger partial charge in [0.25, 0.3) is 0 Å². The number of hydrogen-bond acceptors (Lipinski definition) is 1. The van der Waals surface area contributed by atoms with Gasteiger partial charge in [0, 0.05) is 0 Å². The Labute approximate surface area is 114 Å². The molecule has 1 rings (SSSR count). The van der Waals surface area contributed by atoms with Crippen LogP contribution in [0, 0.1) is 5.92 Å². The fraction of sp³-hybridized carbons (Fsp3) is 1.00. The summed E-state index contributed by atoms with van der Waals surface area (Å²) in [6, 6.07) is 0. The van der Waals surface area contributed by atoms with Gasteiger partial charge in [-0.25, -0.2) is 0 Å².